The van der Waals surface area contributed by atoms with Crippen LogP contribution in [0.15, 0.2) is 11.6 Å². The molecule has 0 aromatic carbocycles. The van der Waals surface area contributed by atoms with Gasteiger partial charge in [-0.1, -0.05) is 0 Å². The van der Waals surface area contributed by atoms with Crippen molar-refractivity contribution >= 4 is 17.2 Å². The van der Waals surface area contributed by atoms with Gasteiger partial charge in [-0.2, -0.15) is 0 Å². The number of carbonyl (C=O) groups excluding carboxylic acids is 1. The van der Waals surface area contributed by atoms with Crippen molar-refractivity contribution in [1.82, 2.24) is 14.8 Å². The molecule has 1 aromatic heterocycles. The fraction of sp³-hybridized carbons (Fsp3) is 0.765. The maximum Gasteiger partial charge on any atom is 0.228 e. The molecule has 3 aliphatic rings. The molecule has 5 nitrogen and oxygen atoms in total. The molecule has 0 radical (unpaired) electrons. The Bertz CT molecular complexity index is 530. The number of amides is 1. The second-order valence-electron chi connectivity index (χ2n) is 7.05. The van der Waals surface area contributed by atoms with Gasteiger partial charge in [0.25, 0.3) is 0 Å². The van der Waals surface area contributed by atoms with Crippen LogP contribution in [-0.2, 0) is 16.1 Å². The van der Waals surface area contributed by atoms with Crippen molar-refractivity contribution in [2.75, 3.05) is 32.8 Å². The zero-order valence-corrected chi connectivity index (χ0v) is 14.3. The van der Waals surface area contributed by atoms with E-state index < -0.39 is 0 Å². The van der Waals surface area contributed by atoms with Gasteiger partial charge in [0.15, 0.2) is 0 Å². The smallest absolute Gasteiger partial charge is 0.228 e. The van der Waals surface area contributed by atoms with Gasteiger partial charge in [-0.05, 0) is 31.6 Å². The predicted octanol–water partition coefficient (Wildman–Crippen LogP) is 1.99. The highest BCUT2D eigenvalue weighted by molar-refractivity contribution is 7.09. The van der Waals surface area contributed by atoms with Gasteiger partial charge < -0.3 is 9.64 Å². The molecule has 4 heterocycles. The number of ether oxygens (including phenoxy) is 1. The second-order valence-corrected chi connectivity index (χ2v) is 8.03. The van der Waals surface area contributed by atoms with E-state index in [1.165, 1.54) is 5.01 Å². The summed E-state index contributed by atoms with van der Waals surface area (Å²) in [5.41, 5.74) is 0. The summed E-state index contributed by atoms with van der Waals surface area (Å²) in [7, 11) is 0. The van der Waals surface area contributed by atoms with E-state index >= 15 is 0 Å². The lowest BCUT2D eigenvalue weighted by Gasteiger charge is -2.43. The molecule has 6 heteroatoms. The molecule has 126 valence electrons. The number of likely N-dealkylation sites (tertiary alicyclic amines) is 2. The molecule has 3 atom stereocenters. The van der Waals surface area contributed by atoms with Gasteiger partial charge in [0.2, 0.25) is 5.91 Å². The Hall–Kier alpha value is -0.980. The van der Waals surface area contributed by atoms with E-state index in [2.05, 4.69) is 9.88 Å². The summed E-state index contributed by atoms with van der Waals surface area (Å²) < 4.78 is 6.07. The van der Waals surface area contributed by atoms with E-state index in [-0.39, 0.29) is 5.92 Å². The van der Waals surface area contributed by atoms with E-state index in [0.29, 0.717) is 24.5 Å². The van der Waals surface area contributed by atoms with Crippen LogP contribution < -0.4 is 0 Å². The van der Waals surface area contributed by atoms with Crippen molar-refractivity contribution in [2.45, 2.75) is 38.3 Å². The highest BCUT2D eigenvalue weighted by Crippen LogP contribution is 2.33. The van der Waals surface area contributed by atoms with Crippen LogP contribution in [0.2, 0.25) is 0 Å². The lowest BCUT2D eigenvalue weighted by atomic mass is 9.83. The zero-order valence-electron chi connectivity index (χ0n) is 13.5. The number of aromatic nitrogens is 1. The molecule has 3 saturated heterocycles. The summed E-state index contributed by atoms with van der Waals surface area (Å²) >= 11 is 1.72. The summed E-state index contributed by atoms with van der Waals surface area (Å²) in [4.78, 5) is 21.6. The van der Waals surface area contributed by atoms with Gasteiger partial charge in [-0.15, -0.1) is 11.3 Å². The SMILES string of the molecule is O=C([C@H]1CO[C@H]2CCN(Cc3nccs3)C[C@H]2C1)N1CCCC1. The third-order valence-electron chi connectivity index (χ3n) is 5.46. The third kappa shape index (κ3) is 3.44. The number of hydrogen-bond acceptors (Lipinski definition) is 5. The third-order valence-corrected chi connectivity index (χ3v) is 6.22. The van der Waals surface area contributed by atoms with Crippen LogP contribution in [0.1, 0.15) is 30.7 Å². The zero-order chi connectivity index (χ0) is 15.6. The summed E-state index contributed by atoms with van der Waals surface area (Å²) in [6.45, 7) is 5.56. The maximum atomic E-state index is 12.6. The second kappa shape index (κ2) is 6.87. The van der Waals surface area contributed by atoms with Gasteiger partial charge in [-0.3, -0.25) is 9.69 Å². The number of fused-ring (bicyclic) bond motifs is 1. The molecule has 0 bridgehead atoms. The monoisotopic (exact) mass is 335 g/mol. The Balaban J connectivity index is 1.35. The topological polar surface area (TPSA) is 45.7 Å². The Morgan fingerprint density at radius 3 is 3.00 bits per heavy atom. The number of hydrogen-bond donors (Lipinski definition) is 0. The molecular weight excluding hydrogens is 310 g/mol. The maximum absolute atomic E-state index is 12.6. The van der Waals surface area contributed by atoms with Crippen LogP contribution in [0, 0.1) is 11.8 Å². The molecule has 3 aliphatic heterocycles. The van der Waals surface area contributed by atoms with Gasteiger partial charge in [0.05, 0.1) is 25.2 Å². The average molecular weight is 335 g/mol. The molecule has 0 aliphatic carbocycles. The Morgan fingerprint density at radius 1 is 1.35 bits per heavy atom. The number of piperidine rings is 1. The van der Waals surface area contributed by atoms with Gasteiger partial charge in [-0.25, -0.2) is 4.98 Å². The van der Waals surface area contributed by atoms with Gasteiger partial charge in [0, 0.05) is 37.8 Å². The summed E-state index contributed by atoms with van der Waals surface area (Å²) in [5.74, 6) is 0.904. The molecule has 3 fully saturated rings. The quantitative estimate of drug-likeness (QED) is 0.847. The predicted molar refractivity (Wildman–Crippen MR) is 89.2 cm³/mol. The number of thiazole rings is 1. The largest absolute Gasteiger partial charge is 0.377 e. The molecule has 0 unspecified atom stereocenters. The van der Waals surface area contributed by atoms with Gasteiger partial charge >= 0.3 is 0 Å². The molecule has 0 saturated carbocycles. The Kier molecular flexibility index (Phi) is 4.64. The van der Waals surface area contributed by atoms with Crippen LogP contribution in [0.5, 0.6) is 0 Å². The van der Waals surface area contributed by atoms with Crippen LogP contribution in [-0.4, -0.2) is 59.6 Å². The van der Waals surface area contributed by atoms with E-state index in [1.807, 2.05) is 16.5 Å². The molecule has 1 aromatic rings. The minimum absolute atomic E-state index is 0.0779. The van der Waals surface area contributed by atoms with E-state index in [0.717, 1.165) is 58.4 Å². The highest BCUT2D eigenvalue weighted by atomic mass is 32.1. The summed E-state index contributed by atoms with van der Waals surface area (Å²) in [5, 5.41) is 3.22. The summed E-state index contributed by atoms with van der Waals surface area (Å²) in [6, 6.07) is 0. The van der Waals surface area contributed by atoms with Crippen LogP contribution >= 0.6 is 11.3 Å². The lowest BCUT2D eigenvalue weighted by Crippen LogP contribution is -2.50. The van der Waals surface area contributed by atoms with Crippen molar-refractivity contribution in [2.24, 2.45) is 11.8 Å². The highest BCUT2D eigenvalue weighted by Gasteiger charge is 2.39. The van der Waals surface area contributed by atoms with Crippen molar-refractivity contribution in [3.63, 3.8) is 0 Å². The van der Waals surface area contributed by atoms with Crippen molar-refractivity contribution in [1.29, 1.82) is 0 Å². The average Bonchev–Trinajstić information content (AvgIpc) is 3.27. The minimum atomic E-state index is 0.0779. The first kappa shape index (κ1) is 15.5. The molecule has 4 rings (SSSR count). The number of carbonyl (C=O) groups is 1. The van der Waals surface area contributed by atoms with E-state index in [1.54, 1.807) is 11.3 Å². The first-order valence-corrected chi connectivity index (χ1v) is 9.68. The van der Waals surface area contributed by atoms with Crippen LogP contribution in [0.3, 0.4) is 0 Å². The van der Waals surface area contributed by atoms with Crippen LogP contribution in [0.25, 0.3) is 0 Å². The van der Waals surface area contributed by atoms with E-state index in [4.69, 9.17) is 4.74 Å². The fourth-order valence-electron chi connectivity index (χ4n) is 4.24. The Labute approximate surface area is 141 Å². The molecule has 23 heavy (non-hydrogen) atoms. The minimum Gasteiger partial charge on any atom is -0.377 e. The number of rotatable bonds is 3. The first-order valence-electron chi connectivity index (χ1n) is 8.81. The molecule has 0 spiro atoms. The van der Waals surface area contributed by atoms with Crippen molar-refractivity contribution in [3.05, 3.63) is 16.6 Å². The van der Waals surface area contributed by atoms with Crippen molar-refractivity contribution < 1.29 is 9.53 Å². The lowest BCUT2D eigenvalue weighted by molar-refractivity contribution is -0.148. The van der Waals surface area contributed by atoms with E-state index in [9.17, 15) is 4.79 Å². The molecule has 0 N–H and O–H groups in total. The standard InChI is InChI=1S/C17H25N3O2S/c21-17(20-5-1-2-6-20)14-9-13-10-19(7-3-15(13)22-12-14)11-16-18-4-8-23-16/h4,8,13-15H,1-3,5-7,9-12H2/t13-,14-,15+/m1/s1. The van der Waals surface area contributed by atoms with Gasteiger partial charge in [0.1, 0.15) is 5.01 Å². The normalized spacial score (nSPS) is 32.0. The fourth-order valence-corrected chi connectivity index (χ4v) is 4.90. The van der Waals surface area contributed by atoms with Crippen LogP contribution in [0.4, 0.5) is 0 Å². The molecule has 1 amide bonds. The van der Waals surface area contributed by atoms with Crippen molar-refractivity contribution in [3.8, 4) is 0 Å². The Morgan fingerprint density at radius 2 is 2.22 bits per heavy atom. The molecular formula is C17H25N3O2S. The first-order chi connectivity index (χ1) is 11.3. The summed E-state index contributed by atoms with van der Waals surface area (Å²) in [6.07, 6.45) is 6.63. The number of nitrogens with zero attached hydrogens (tertiary/aromatic N) is 3.